The summed E-state index contributed by atoms with van der Waals surface area (Å²) in [5.74, 6) is 0.513. The summed E-state index contributed by atoms with van der Waals surface area (Å²) < 4.78 is 11.4. The third-order valence-corrected chi connectivity index (χ3v) is 5.02. The lowest BCUT2D eigenvalue weighted by atomic mass is 10.1. The first-order chi connectivity index (χ1) is 14.5. The second-order valence-corrected chi connectivity index (χ2v) is 7.87. The summed E-state index contributed by atoms with van der Waals surface area (Å²) in [6, 6.07) is 14.1. The van der Waals surface area contributed by atoms with Crippen molar-refractivity contribution in [3.63, 3.8) is 0 Å². The van der Waals surface area contributed by atoms with Crippen LogP contribution in [0, 0.1) is 5.92 Å². The van der Waals surface area contributed by atoms with E-state index in [-0.39, 0.29) is 17.9 Å². The summed E-state index contributed by atoms with van der Waals surface area (Å²) in [4.78, 5) is 25.6. The average Bonchev–Trinajstić information content (AvgIpc) is 3.26. The van der Waals surface area contributed by atoms with Gasteiger partial charge in [0.1, 0.15) is 5.75 Å². The largest absolute Gasteiger partial charge is 0.493 e. The molecule has 0 spiro atoms. The van der Waals surface area contributed by atoms with E-state index >= 15 is 0 Å². The fraction of sp³-hybridized carbons (Fsp3) is 0.417. The van der Waals surface area contributed by atoms with Crippen molar-refractivity contribution in [1.82, 2.24) is 5.32 Å². The zero-order valence-electron chi connectivity index (χ0n) is 17.6. The van der Waals surface area contributed by atoms with E-state index < -0.39 is 0 Å². The smallest absolute Gasteiger partial charge is 0.259 e. The van der Waals surface area contributed by atoms with Crippen LogP contribution in [-0.4, -0.2) is 37.7 Å². The van der Waals surface area contributed by atoms with E-state index in [0.717, 1.165) is 25.9 Å². The molecule has 0 saturated carbocycles. The van der Waals surface area contributed by atoms with Gasteiger partial charge in [0.15, 0.2) is 0 Å². The van der Waals surface area contributed by atoms with Gasteiger partial charge in [0, 0.05) is 13.2 Å². The molecule has 0 unspecified atom stereocenters. The van der Waals surface area contributed by atoms with Crippen LogP contribution in [0.25, 0.3) is 0 Å². The summed E-state index contributed by atoms with van der Waals surface area (Å²) >= 11 is 0. The van der Waals surface area contributed by atoms with Crippen molar-refractivity contribution in [2.24, 2.45) is 5.92 Å². The highest BCUT2D eigenvalue weighted by Gasteiger charge is 2.19. The van der Waals surface area contributed by atoms with Gasteiger partial charge < -0.3 is 20.1 Å². The maximum atomic E-state index is 12.9. The lowest BCUT2D eigenvalue weighted by molar-refractivity contribution is 0.0858. The molecular weight excluding hydrogens is 380 g/mol. The predicted molar refractivity (Wildman–Crippen MR) is 117 cm³/mol. The fourth-order valence-electron chi connectivity index (χ4n) is 3.27. The second kappa shape index (κ2) is 10.8. The lowest BCUT2D eigenvalue weighted by Gasteiger charge is -2.15. The van der Waals surface area contributed by atoms with E-state index in [4.69, 9.17) is 9.47 Å². The molecule has 1 fully saturated rings. The number of para-hydroxylation sites is 2. The number of amides is 2. The Morgan fingerprint density at radius 1 is 1.07 bits per heavy atom. The standard InChI is InChI=1S/C24H30N2O4/c1-17(2)13-15-30-22-12-6-4-10-20(22)24(28)26-21-11-5-3-9-19(21)23(27)25-16-18-8-7-14-29-18/h3-6,9-12,17-18H,7-8,13-16H2,1-2H3,(H,25,27)(H,26,28)/t18-/m1/s1. The Hall–Kier alpha value is -2.86. The molecule has 6 heteroatoms. The fourth-order valence-corrected chi connectivity index (χ4v) is 3.27. The van der Waals surface area contributed by atoms with Crippen LogP contribution in [0.2, 0.25) is 0 Å². The normalized spacial score (nSPS) is 15.8. The molecule has 1 saturated heterocycles. The quantitative estimate of drug-likeness (QED) is 0.647. The zero-order valence-corrected chi connectivity index (χ0v) is 17.6. The highest BCUT2D eigenvalue weighted by Crippen LogP contribution is 2.22. The summed E-state index contributed by atoms with van der Waals surface area (Å²) in [6.07, 6.45) is 2.94. The van der Waals surface area contributed by atoms with Gasteiger partial charge in [-0.05, 0) is 49.4 Å². The number of benzene rings is 2. The van der Waals surface area contributed by atoms with Crippen LogP contribution in [0.5, 0.6) is 5.75 Å². The molecule has 0 aromatic heterocycles. The molecule has 160 valence electrons. The molecule has 0 bridgehead atoms. The topological polar surface area (TPSA) is 76.7 Å². The predicted octanol–water partition coefficient (Wildman–Crippen LogP) is 4.27. The summed E-state index contributed by atoms with van der Waals surface area (Å²) in [5.41, 5.74) is 1.32. The number of hydrogen-bond acceptors (Lipinski definition) is 4. The Bertz CT molecular complexity index is 860. The highest BCUT2D eigenvalue weighted by atomic mass is 16.5. The summed E-state index contributed by atoms with van der Waals surface area (Å²) in [5, 5.41) is 5.77. The third kappa shape index (κ3) is 6.07. The van der Waals surface area contributed by atoms with E-state index in [1.165, 1.54) is 0 Å². The minimum Gasteiger partial charge on any atom is -0.493 e. The van der Waals surface area contributed by atoms with Gasteiger partial charge in [-0.15, -0.1) is 0 Å². The Balaban J connectivity index is 1.67. The minimum absolute atomic E-state index is 0.0607. The first-order valence-corrected chi connectivity index (χ1v) is 10.6. The van der Waals surface area contributed by atoms with Crippen molar-refractivity contribution in [2.45, 2.75) is 39.2 Å². The molecule has 1 atom stereocenters. The van der Waals surface area contributed by atoms with E-state index in [1.54, 1.807) is 42.5 Å². The molecule has 0 radical (unpaired) electrons. The van der Waals surface area contributed by atoms with Crippen LogP contribution in [-0.2, 0) is 4.74 Å². The molecule has 6 nitrogen and oxygen atoms in total. The van der Waals surface area contributed by atoms with Gasteiger partial charge in [-0.2, -0.15) is 0 Å². The first kappa shape index (κ1) is 21.8. The molecule has 2 aromatic rings. The van der Waals surface area contributed by atoms with Gasteiger partial charge in [-0.25, -0.2) is 0 Å². The maximum absolute atomic E-state index is 12.9. The monoisotopic (exact) mass is 410 g/mol. The molecule has 2 aromatic carbocycles. The molecule has 3 rings (SSSR count). The molecule has 30 heavy (non-hydrogen) atoms. The van der Waals surface area contributed by atoms with E-state index in [2.05, 4.69) is 24.5 Å². The van der Waals surface area contributed by atoms with Crippen molar-refractivity contribution in [1.29, 1.82) is 0 Å². The molecular formula is C24H30N2O4. The van der Waals surface area contributed by atoms with Gasteiger partial charge in [0.05, 0.1) is 29.5 Å². The van der Waals surface area contributed by atoms with Crippen molar-refractivity contribution < 1.29 is 19.1 Å². The number of rotatable bonds is 9. The zero-order chi connectivity index (χ0) is 21.3. The summed E-state index contributed by atoms with van der Waals surface area (Å²) in [6.45, 7) is 6.01. The number of carbonyl (C=O) groups excluding carboxylic acids is 2. The molecule has 2 N–H and O–H groups in total. The molecule has 1 heterocycles. The Kier molecular flexibility index (Phi) is 7.85. The lowest BCUT2D eigenvalue weighted by Crippen LogP contribution is -2.32. The number of carbonyl (C=O) groups is 2. The van der Waals surface area contributed by atoms with Gasteiger partial charge in [-0.3, -0.25) is 9.59 Å². The van der Waals surface area contributed by atoms with Gasteiger partial charge >= 0.3 is 0 Å². The van der Waals surface area contributed by atoms with Crippen molar-refractivity contribution in [3.8, 4) is 5.75 Å². The van der Waals surface area contributed by atoms with Gasteiger partial charge in [0.25, 0.3) is 11.8 Å². The van der Waals surface area contributed by atoms with Crippen LogP contribution >= 0.6 is 0 Å². The van der Waals surface area contributed by atoms with Crippen LogP contribution in [0.3, 0.4) is 0 Å². The van der Waals surface area contributed by atoms with Crippen molar-refractivity contribution in [2.75, 3.05) is 25.1 Å². The minimum atomic E-state index is -0.311. The number of anilines is 1. The highest BCUT2D eigenvalue weighted by molar-refractivity contribution is 6.10. The molecule has 2 amide bonds. The first-order valence-electron chi connectivity index (χ1n) is 10.6. The molecule has 1 aliphatic heterocycles. The average molecular weight is 411 g/mol. The van der Waals surface area contributed by atoms with Crippen LogP contribution in [0.4, 0.5) is 5.69 Å². The Labute approximate surface area is 178 Å². The number of nitrogens with one attached hydrogen (secondary N) is 2. The van der Waals surface area contributed by atoms with Crippen molar-refractivity contribution in [3.05, 3.63) is 59.7 Å². The Morgan fingerprint density at radius 3 is 2.53 bits per heavy atom. The Morgan fingerprint density at radius 2 is 1.80 bits per heavy atom. The van der Waals surface area contributed by atoms with Crippen LogP contribution in [0.15, 0.2) is 48.5 Å². The van der Waals surface area contributed by atoms with E-state index in [0.29, 0.717) is 41.6 Å². The van der Waals surface area contributed by atoms with Gasteiger partial charge in [0.2, 0.25) is 0 Å². The third-order valence-electron chi connectivity index (χ3n) is 5.02. The van der Waals surface area contributed by atoms with Crippen LogP contribution < -0.4 is 15.4 Å². The molecule has 1 aliphatic rings. The number of ether oxygens (including phenoxy) is 2. The van der Waals surface area contributed by atoms with Gasteiger partial charge in [-0.1, -0.05) is 38.1 Å². The SMILES string of the molecule is CC(C)CCOc1ccccc1C(=O)Nc1ccccc1C(=O)NC[C@H]1CCCO1. The second-order valence-electron chi connectivity index (χ2n) is 7.87. The molecule has 0 aliphatic carbocycles. The van der Waals surface area contributed by atoms with Crippen molar-refractivity contribution >= 4 is 17.5 Å². The van der Waals surface area contributed by atoms with Crippen LogP contribution in [0.1, 0.15) is 53.8 Å². The van der Waals surface area contributed by atoms with E-state index in [1.807, 2.05) is 6.07 Å². The number of hydrogen-bond donors (Lipinski definition) is 2. The maximum Gasteiger partial charge on any atom is 0.259 e. The van der Waals surface area contributed by atoms with E-state index in [9.17, 15) is 9.59 Å². The summed E-state index contributed by atoms with van der Waals surface area (Å²) in [7, 11) is 0.